The average molecular weight is 422 g/mol. The van der Waals surface area contributed by atoms with Crippen molar-refractivity contribution in [1.82, 2.24) is 31.0 Å². The molecule has 0 spiro atoms. The second kappa shape index (κ2) is 8.24. The van der Waals surface area contributed by atoms with E-state index in [9.17, 15) is 14.4 Å². The lowest BCUT2D eigenvalue weighted by atomic mass is 10.0. The molecule has 0 saturated carbocycles. The Hall–Kier alpha value is -3.04. The standard InChI is InChI=1S/C22H26N6O3/c29-19-4-3-18(21(30)26-19)28-12-15-7-13(1-2-17(15)22(28)31)8-24-10-16-11-25-27-20(16)14-5-6-23-9-14/h1-2,7,11,14,18,23-24H,3-6,8-10,12H2,(H,25,27)(H,26,29,30). The number of H-pyrrole nitrogens is 1. The Kier molecular flexibility index (Phi) is 5.29. The minimum absolute atomic E-state index is 0.141. The van der Waals surface area contributed by atoms with Gasteiger partial charge in [0.05, 0.1) is 6.20 Å². The lowest BCUT2D eigenvalue weighted by Crippen LogP contribution is -2.52. The minimum Gasteiger partial charge on any atom is -0.322 e. The van der Waals surface area contributed by atoms with Gasteiger partial charge in [0.1, 0.15) is 6.04 Å². The number of imide groups is 1. The third-order valence-corrected chi connectivity index (χ3v) is 6.45. The molecule has 0 aliphatic carbocycles. The van der Waals surface area contributed by atoms with E-state index in [4.69, 9.17) is 0 Å². The van der Waals surface area contributed by atoms with Crippen molar-refractivity contribution >= 4 is 17.7 Å². The first-order valence-electron chi connectivity index (χ1n) is 10.8. The van der Waals surface area contributed by atoms with Gasteiger partial charge in [0, 0.05) is 55.3 Å². The highest BCUT2D eigenvalue weighted by Gasteiger charge is 2.39. The SMILES string of the molecule is O=C1CCC(N2Cc3cc(CNCc4cn[nH]c4C4CCNC4)ccc3C2=O)C(=O)N1. The molecule has 1 aromatic carbocycles. The van der Waals surface area contributed by atoms with Crippen molar-refractivity contribution in [2.45, 2.75) is 50.9 Å². The summed E-state index contributed by atoms with van der Waals surface area (Å²) in [5.74, 6) is -0.308. The molecule has 2 unspecified atom stereocenters. The maximum Gasteiger partial charge on any atom is 0.255 e. The normalized spacial score (nSPS) is 23.4. The monoisotopic (exact) mass is 422 g/mol. The highest BCUT2D eigenvalue weighted by Crippen LogP contribution is 2.28. The first kappa shape index (κ1) is 19.9. The maximum atomic E-state index is 12.8. The number of aromatic nitrogens is 2. The molecule has 2 saturated heterocycles. The predicted molar refractivity (Wildman–Crippen MR) is 112 cm³/mol. The number of hydrogen-bond donors (Lipinski definition) is 4. The van der Waals surface area contributed by atoms with Gasteiger partial charge in [-0.15, -0.1) is 0 Å². The Balaban J connectivity index is 1.21. The van der Waals surface area contributed by atoms with Crippen LogP contribution >= 0.6 is 0 Å². The molecule has 0 radical (unpaired) electrons. The number of aromatic amines is 1. The summed E-state index contributed by atoms with van der Waals surface area (Å²) >= 11 is 0. The van der Waals surface area contributed by atoms with Crippen LogP contribution in [0.15, 0.2) is 24.4 Å². The van der Waals surface area contributed by atoms with Crippen LogP contribution < -0.4 is 16.0 Å². The molecule has 4 heterocycles. The molecule has 4 N–H and O–H groups in total. The summed E-state index contributed by atoms with van der Waals surface area (Å²) < 4.78 is 0. The molecule has 0 bridgehead atoms. The largest absolute Gasteiger partial charge is 0.322 e. The van der Waals surface area contributed by atoms with Crippen LogP contribution in [0.4, 0.5) is 0 Å². The molecule has 3 aliphatic heterocycles. The van der Waals surface area contributed by atoms with Crippen molar-refractivity contribution in [2.24, 2.45) is 0 Å². The Bertz CT molecular complexity index is 1030. The number of carbonyl (C=O) groups is 3. The molecular weight excluding hydrogens is 396 g/mol. The van der Waals surface area contributed by atoms with E-state index in [1.165, 1.54) is 11.3 Å². The van der Waals surface area contributed by atoms with Crippen LogP contribution in [0, 0.1) is 0 Å². The van der Waals surface area contributed by atoms with E-state index in [1.807, 2.05) is 24.4 Å². The highest BCUT2D eigenvalue weighted by molar-refractivity contribution is 6.05. The molecule has 2 atom stereocenters. The van der Waals surface area contributed by atoms with Gasteiger partial charge in [0.2, 0.25) is 11.8 Å². The second-order valence-corrected chi connectivity index (χ2v) is 8.49. The topological polar surface area (TPSA) is 119 Å². The number of carbonyl (C=O) groups excluding carboxylic acids is 3. The molecule has 31 heavy (non-hydrogen) atoms. The second-order valence-electron chi connectivity index (χ2n) is 8.49. The molecular formula is C22H26N6O3. The van der Waals surface area contributed by atoms with E-state index in [0.717, 1.165) is 37.2 Å². The van der Waals surface area contributed by atoms with E-state index in [2.05, 4.69) is 26.1 Å². The van der Waals surface area contributed by atoms with Crippen LogP contribution in [0.5, 0.6) is 0 Å². The number of piperidine rings is 1. The summed E-state index contributed by atoms with van der Waals surface area (Å²) in [7, 11) is 0. The molecule has 2 fully saturated rings. The van der Waals surface area contributed by atoms with Crippen LogP contribution in [-0.4, -0.2) is 52.0 Å². The van der Waals surface area contributed by atoms with Crippen LogP contribution in [0.25, 0.3) is 0 Å². The minimum atomic E-state index is -0.580. The predicted octanol–water partition coefficient (Wildman–Crippen LogP) is 0.537. The van der Waals surface area contributed by atoms with Crippen LogP contribution in [0.2, 0.25) is 0 Å². The van der Waals surface area contributed by atoms with Crippen LogP contribution in [-0.2, 0) is 29.2 Å². The van der Waals surface area contributed by atoms with Gasteiger partial charge < -0.3 is 15.5 Å². The fourth-order valence-corrected chi connectivity index (χ4v) is 4.80. The molecule has 162 valence electrons. The summed E-state index contributed by atoms with van der Waals surface area (Å²) in [5.41, 5.74) is 5.05. The molecule has 2 aromatic rings. The third-order valence-electron chi connectivity index (χ3n) is 6.45. The van der Waals surface area contributed by atoms with Gasteiger partial charge in [-0.3, -0.25) is 24.8 Å². The fourth-order valence-electron chi connectivity index (χ4n) is 4.80. The van der Waals surface area contributed by atoms with Crippen molar-refractivity contribution in [3.05, 3.63) is 52.3 Å². The van der Waals surface area contributed by atoms with E-state index in [1.54, 1.807) is 4.90 Å². The van der Waals surface area contributed by atoms with Crippen LogP contribution in [0.1, 0.15) is 57.9 Å². The number of nitrogens with zero attached hydrogens (tertiary/aromatic N) is 2. The number of benzene rings is 1. The van der Waals surface area contributed by atoms with Gasteiger partial charge in [0.15, 0.2) is 0 Å². The number of hydrogen-bond acceptors (Lipinski definition) is 6. The zero-order chi connectivity index (χ0) is 21.4. The van der Waals surface area contributed by atoms with E-state index < -0.39 is 6.04 Å². The molecule has 9 nitrogen and oxygen atoms in total. The quantitative estimate of drug-likeness (QED) is 0.505. The summed E-state index contributed by atoms with van der Waals surface area (Å²) in [6, 6.07) is 5.25. The molecule has 3 amide bonds. The van der Waals surface area contributed by atoms with Crippen molar-refractivity contribution in [3.63, 3.8) is 0 Å². The molecule has 1 aromatic heterocycles. The zero-order valence-electron chi connectivity index (χ0n) is 17.2. The van der Waals surface area contributed by atoms with Crippen molar-refractivity contribution in [1.29, 1.82) is 0 Å². The average Bonchev–Trinajstić information content (AvgIpc) is 3.49. The van der Waals surface area contributed by atoms with Gasteiger partial charge in [-0.05, 0) is 36.6 Å². The molecule has 5 rings (SSSR count). The molecule has 9 heteroatoms. The first-order valence-corrected chi connectivity index (χ1v) is 10.8. The summed E-state index contributed by atoms with van der Waals surface area (Å²) in [6.07, 6.45) is 3.65. The Morgan fingerprint density at radius 3 is 2.87 bits per heavy atom. The smallest absolute Gasteiger partial charge is 0.255 e. The van der Waals surface area contributed by atoms with Crippen molar-refractivity contribution < 1.29 is 14.4 Å². The summed E-state index contributed by atoms with van der Waals surface area (Å²) in [5, 5.41) is 16.6. The highest BCUT2D eigenvalue weighted by atomic mass is 16.2. The summed E-state index contributed by atoms with van der Waals surface area (Å²) in [6.45, 7) is 3.82. The zero-order valence-corrected chi connectivity index (χ0v) is 17.2. The Morgan fingerprint density at radius 1 is 1.16 bits per heavy atom. The Labute approximate surface area is 180 Å². The van der Waals surface area contributed by atoms with Crippen molar-refractivity contribution in [2.75, 3.05) is 13.1 Å². The van der Waals surface area contributed by atoms with Gasteiger partial charge in [0.25, 0.3) is 5.91 Å². The van der Waals surface area contributed by atoms with Gasteiger partial charge in [-0.25, -0.2) is 0 Å². The number of rotatable bonds is 6. The number of amides is 3. The lowest BCUT2D eigenvalue weighted by Gasteiger charge is -2.29. The molecule has 3 aliphatic rings. The number of nitrogens with one attached hydrogen (secondary N) is 4. The first-order chi connectivity index (χ1) is 15.1. The van der Waals surface area contributed by atoms with Gasteiger partial charge in [-0.2, -0.15) is 5.10 Å². The van der Waals surface area contributed by atoms with E-state index in [0.29, 0.717) is 31.0 Å². The summed E-state index contributed by atoms with van der Waals surface area (Å²) in [4.78, 5) is 38.0. The number of fused-ring (bicyclic) bond motifs is 1. The maximum absolute atomic E-state index is 12.8. The third kappa shape index (κ3) is 3.86. The van der Waals surface area contributed by atoms with E-state index >= 15 is 0 Å². The fraction of sp³-hybridized carbons (Fsp3) is 0.455. The Morgan fingerprint density at radius 2 is 2.06 bits per heavy atom. The van der Waals surface area contributed by atoms with E-state index in [-0.39, 0.29) is 24.1 Å². The van der Waals surface area contributed by atoms with Crippen LogP contribution in [0.3, 0.4) is 0 Å². The van der Waals surface area contributed by atoms with Gasteiger partial charge >= 0.3 is 0 Å². The lowest BCUT2D eigenvalue weighted by molar-refractivity contribution is -0.136. The van der Waals surface area contributed by atoms with Crippen molar-refractivity contribution in [3.8, 4) is 0 Å². The van der Waals surface area contributed by atoms with Gasteiger partial charge in [-0.1, -0.05) is 12.1 Å².